The molecule has 0 bridgehead atoms. The number of nitrogens with zero attached hydrogens (tertiary/aromatic N) is 1. The van der Waals surface area contributed by atoms with Gasteiger partial charge in [0.1, 0.15) is 17.2 Å². The predicted molar refractivity (Wildman–Crippen MR) is 101 cm³/mol. The Morgan fingerprint density at radius 1 is 0.963 bits per heavy atom. The van der Waals surface area contributed by atoms with Crippen molar-refractivity contribution >= 4 is 11.9 Å². The Labute approximate surface area is 158 Å². The second-order valence-corrected chi connectivity index (χ2v) is 5.64. The lowest BCUT2D eigenvalue weighted by Gasteiger charge is -2.15. The van der Waals surface area contributed by atoms with Gasteiger partial charge in [-0.3, -0.25) is 0 Å². The predicted octanol–water partition coefficient (Wildman–Crippen LogP) is 3.26. The van der Waals surface area contributed by atoms with Gasteiger partial charge >= 0.3 is 11.9 Å². The average molecular weight is 373 g/mol. The SMILES string of the molecule is COc1cccc(Oc2ccccc2CN(C)C)c1.O=C(O)/C=C\C(=O)O. The number of ether oxygens (including phenoxy) is 2. The van der Waals surface area contributed by atoms with E-state index in [9.17, 15) is 9.59 Å². The highest BCUT2D eigenvalue weighted by atomic mass is 16.5. The van der Waals surface area contributed by atoms with E-state index in [1.54, 1.807) is 7.11 Å². The van der Waals surface area contributed by atoms with Crippen molar-refractivity contribution in [2.75, 3.05) is 21.2 Å². The zero-order chi connectivity index (χ0) is 20.2. The zero-order valence-electron chi connectivity index (χ0n) is 15.5. The molecule has 0 fully saturated rings. The second kappa shape index (κ2) is 11.3. The van der Waals surface area contributed by atoms with Crippen molar-refractivity contribution < 1.29 is 29.3 Å². The highest BCUT2D eigenvalue weighted by Crippen LogP contribution is 2.28. The van der Waals surface area contributed by atoms with Crippen LogP contribution in [0.25, 0.3) is 0 Å². The van der Waals surface area contributed by atoms with Gasteiger partial charge in [-0.25, -0.2) is 9.59 Å². The van der Waals surface area contributed by atoms with Crippen LogP contribution in [-0.2, 0) is 16.1 Å². The van der Waals surface area contributed by atoms with E-state index in [1.807, 2.05) is 56.6 Å². The molecular formula is C20H23NO6. The monoisotopic (exact) mass is 373 g/mol. The summed E-state index contributed by atoms with van der Waals surface area (Å²) in [6.07, 6.45) is 1.12. The van der Waals surface area contributed by atoms with Gasteiger partial charge in [0.15, 0.2) is 0 Å². The fourth-order valence-corrected chi connectivity index (χ4v) is 2.01. The molecule has 2 aromatic carbocycles. The molecule has 0 aliphatic rings. The molecule has 0 atom stereocenters. The Morgan fingerprint density at radius 2 is 1.56 bits per heavy atom. The molecule has 0 saturated heterocycles. The number of para-hydroxylation sites is 1. The van der Waals surface area contributed by atoms with Gasteiger partial charge < -0.3 is 24.6 Å². The first-order valence-corrected chi connectivity index (χ1v) is 8.00. The summed E-state index contributed by atoms with van der Waals surface area (Å²) in [7, 11) is 5.74. The van der Waals surface area contributed by atoms with Gasteiger partial charge in [-0.1, -0.05) is 24.3 Å². The van der Waals surface area contributed by atoms with Gasteiger partial charge in [0, 0.05) is 30.3 Å². The Balaban J connectivity index is 0.000000387. The van der Waals surface area contributed by atoms with Crippen LogP contribution in [0.15, 0.2) is 60.7 Å². The van der Waals surface area contributed by atoms with Crippen LogP contribution in [0.3, 0.4) is 0 Å². The maximum atomic E-state index is 9.55. The van der Waals surface area contributed by atoms with Gasteiger partial charge in [-0.2, -0.15) is 0 Å². The number of carboxylic acids is 2. The first-order chi connectivity index (χ1) is 12.8. The number of benzene rings is 2. The molecule has 0 saturated carbocycles. The molecule has 2 rings (SSSR count). The minimum Gasteiger partial charge on any atom is -0.497 e. The van der Waals surface area contributed by atoms with Crippen molar-refractivity contribution in [3.05, 3.63) is 66.2 Å². The highest BCUT2D eigenvalue weighted by Gasteiger charge is 2.06. The normalized spacial score (nSPS) is 10.2. The fraction of sp³-hybridized carbons (Fsp3) is 0.200. The lowest BCUT2D eigenvalue weighted by Crippen LogP contribution is -2.11. The fourth-order valence-electron chi connectivity index (χ4n) is 2.01. The van der Waals surface area contributed by atoms with Gasteiger partial charge in [0.25, 0.3) is 0 Å². The molecule has 0 aliphatic carbocycles. The van der Waals surface area contributed by atoms with Crippen LogP contribution in [0.2, 0.25) is 0 Å². The number of carbonyl (C=O) groups is 2. The molecule has 0 amide bonds. The molecular weight excluding hydrogens is 350 g/mol. The van der Waals surface area contributed by atoms with E-state index in [0.717, 1.165) is 29.4 Å². The van der Waals surface area contributed by atoms with Gasteiger partial charge in [0.05, 0.1) is 7.11 Å². The Morgan fingerprint density at radius 3 is 2.11 bits per heavy atom. The molecule has 0 aromatic heterocycles. The number of methoxy groups -OCH3 is 1. The summed E-state index contributed by atoms with van der Waals surface area (Å²) in [6.45, 7) is 0.847. The second-order valence-electron chi connectivity index (χ2n) is 5.64. The number of hydrogen-bond donors (Lipinski definition) is 2. The first-order valence-electron chi connectivity index (χ1n) is 8.00. The summed E-state index contributed by atoms with van der Waals surface area (Å²) in [5.41, 5.74) is 1.16. The van der Waals surface area contributed by atoms with Crippen LogP contribution in [-0.4, -0.2) is 48.3 Å². The van der Waals surface area contributed by atoms with Crippen LogP contribution in [0.1, 0.15) is 5.56 Å². The maximum Gasteiger partial charge on any atom is 0.328 e. The van der Waals surface area contributed by atoms with Crippen LogP contribution in [0, 0.1) is 0 Å². The molecule has 27 heavy (non-hydrogen) atoms. The van der Waals surface area contributed by atoms with E-state index < -0.39 is 11.9 Å². The van der Waals surface area contributed by atoms with Gasteiger partial charge in [-0.15, -0.1) is 0 Å². The zero-order valence-corrected chi connectivity index (χ0v) is 15.5. The smallest absolute Gasteiger partial charge is 0.328 e. The van der Waals surface area contributed by atoms with Crippen LogP contribution in [0.5, 0.6) is 17.2 Å². The largest absolute Gasteiger partial charge is 0.497 e. The molecule has 0 aliphatic heterocycles. The van der Waals surface area contributed by atoms with E-state index in [1.165, 1.54) is 0 Å². The molecule has 2 aromatic rings. The summed E-state index contributed by atoms with van der Waals surface area (Å²) < 4.78 is 11.1. The number of hydrogen-bond acceptors (Lipinski definition) is 5. The minimum absolute atomic E-state index is 0.558. The standard InChI is InChI=1S/C16H19NO2.C4H4O4/c1-17(2)12-13-7-4-5-10-16(13)19-15-9-6-8-14(11-15)18-3;5-3(6)1-2-4(7)8/h4-11H,12H2,1-3H3;1-2H,(H,5,6)(H,7,8)/b;2-1-. The summed E-state index contributed by atoms with van der Waals surface area (Å²) in [4.78, 5) is 21.2. The summed E-state index contributed by atoms with van der Waals surface area (Å²) in [5, 5.41) is 15.6. The van der Waals surface area contributed by atoms with E-state index in [0.29, 0.717) is 12.2 Å². The van der Waals surface area contributed by atoms with Crippen LogP contribution >= 0.6 is 0 Å². The van der Waals surface area contributed by atoms with Crippen LogP contribution < -0.4 is 9.47 Å². The quantitative estimate of drug-likeness (QED) is 0.719. The Hall–Kier alpha value is -3.32. The van der Waals surface area contributed by atoms with E-state index in [-0.39, 0.29) is 0 Å². The molecule has 0 unspecified atom stereocenters. The van der Waals surface area contributed by atoms with E-state index >= 15 is 0 Å². The molecule has 7 heteroatoms. The molecule has 144 valence electrons. The summed E-state index contributed by atoms with van der Waals surface area (Å²) in [6, 6.07) is 15.7. The van der Waals surface area contributed by atoms with Crippen molar-refractivity contribution in [2.45, 2.75) is 6.54 Å². The topological polar surface area (TPSA) is 96.3 Å². The van der Waals surface area contributed by atoms with Gasteiger partial charge in [0.2, 0.25) is 0 Å². The maximum absolute atomic E-state index is 9.55. The van der Waals surface area contributed by atoms with Crippen molar-refractivity contribution in [1.29, 1.82) is 0 Å². The Kier molecular flexibility index (Phi) is 9.11. The first kappa shape index (κ1) is 21.7. The van der Waals surface area contributed by atoms with E-state index in [4.69, 9.17) is 19.7 Å². The number of rotatable bonds is 7. The summed E-state index contributed by atoms with van der Waals surface area (Å²) in [5.74, 6) is -0.0580. The third-order valence-electron chi connectivity index (χ3n) is 3.10. The average Bonchev–Trinajstić information content (AvgIpc) is 2.62. The molecule has 0 spiro atoms. The van der Waals surface area contributed by atoms with Crippen molar-refractivity contribution in [1.82, 2.24) is 4.90 Å². The molecule has 2 N–H and O–H groups in total. The van der Waals surface area contributed by atoms with Crippen LogP contribution in [0.4, 0.5) is 0 Å². The molecule has 7 nitrogen and oxygen atoms in total. The van der Waals surface area contributed by atoms with E-state index in [2.05, 4.69) is 11.0 Å². The number of aliphatic carboxylic acids is 2. The third-order valence-corrected chi connectivity index (χ3v) is 3.10. The highest BCUT2D eigenvalue weighted by molar-refractivity contribution is 5.89. The minimum atomic E-state index is -1.26. The van der Waals surface area contributed by atoms with Crippen molar-refractivity contribution in [3.63, 3.8) is 0 Å². The lowest BCUT2D eigenvalue weighted by atomic mass is 10.2. The van der Waals surface area contributed by atoms with Crippen molar-refractivity contribution in [3.8, 4) is 17.2 Å². The summed E-state index contributed by atoms with van der Waals surface area (Å²) >= 11 is 0. The Bertz CT molecular complexity index is 770. The molecule has 0 radical (unpaired) electrons. The lowest BCUT2D eigenvalue weighted by molar-refractivity contribution is -0.134. The number of carboxylic acid groups (broad SMARTS) is 2. The van der Waals surface area contributed by atoms with Gasteiger partial charge in [-0.05, 0) is 32.3 Å². The van der Waals surface area contributed by atoms with Crippen molar-refractivity contribution in [2.24, 2.45) is 0 Å². The molecule has 0 heterocycles. The third kappa shape index (κ3) is 9.08.